The highest BCUT2D eigenvalue weighted by Crippen LogP contribution is 2.09. The molecule has 0 aromatic rings. The van der Waals surface area contributed by atoms with E-state index in [0.717, 1.165) is 39.2 Å². The second-order valence-corrected chi connectivity index (χ2v) is 4.00. The van der Waals surface area contributed by atoms with Crippen LogP contribution in [0, 0.1) is 5.92 Å². The topological polar surface area (TPSA) is 30.5 Å². The van der Waals surface area contributed by atoms with Crippen molar-refractivity contribution in [2.75, 3.05) is 33.5 Å². The van der Waals surface area contributed by atoms with Crippen molar-refractivity contribution < 1.29 is 9.47 Å². The highest BCUT2D eigenvalue weighted by Gasteiger charge is 2.15. The second kappa shape index (κ2) is 10.4. The van der Waals surface area contributed by atoms with E-state index in [1.807, 2.05) is 0 Å². The summed E-state index contributed by atoms with van der Waals surface area (Å²) in [6.45, 7) is 10.0. The molecule has 0 heterocycles. The average Bonchev–Trinajstić information content (AvgIpc) is 2.25. The van der Waals surface area contributed by atoms with E-state index in [1.54, 1.807) is 7.11 Å². The normalized spacial score (nSPS) is 15.2. The summed E-state index contributed by atoms with van der Waals surface area (Å²) in [6.07, 6.45) is 2.18. The van der Waals surface area contributed by atoms with E-state index in [-0.39, 0.29) is 0 Å². The molecule has 2 atom stereocenters. The number of rotatable bonds is 10. The number of ether oxygens (including phenoxy) is 2. The molecule has 2 unspecified atom stereocenters. The zero-order valence-electron chi connectivity index (χ0n) is 10.7. The number of hydrogen-bond acceptors (Lipinski definition) is 3. The molecule has 92 valence electrons. The van der Waals surface area contributed by atoms with Gasteiger partial charge in [-0.3, -0.25) is 0 Å². The number of nitrogens with one attached hydrogen (secondary N) is 1. The smallest absolute Gasteiger partial charge is 0.0622 e. The van der Waals surface area contributed by atoms with E-state index in [1.165, 1.54) is 0 Å². The minimum absolute atomic E-state index is 0.455. The van der Waals surface area contributed by atoms with E-state index in [2.05, 4.69) is 26.1 Å². The van der Waals surface area contributed by atoms with Crippen molar-refractivity contribution in [3.05, 3.63) is 0 Å². The Morgan fingerprint density at radius 1 is 1.20 bits per heavy atom. The zero-order chi connectivity index (χ0) is 11.5. The van der Waals surface area contributed by atoms with Crippen LogP contribution in [0.25, 0.3) is 0 Å². The van der Waals surface area contributed by atoms with Crippen LogP contribution in [0.15, 0.2) is 0 Å². The Morgan fingerprint density at radius 3 is 2.47 bits per heavy atom. The third-order valence-corrected chi connectivity index (χ3v) is 2.58. The van der Waals surface area contributed by atoms with Gasteiger partial charge >= 0.3 is 0 Å². The number of hydrogen-bond donors (Lipinski definition) is 1. The lowest BCUT2D eigenvalue weighted by Crippen LogP contribution is -2.39. The van der Waals surface area contributed by atoms with Gasteiger partial charge in [0.25, 0.3) is 0 Å². The highest BCUT2D eigenvalue weighted by molar-refractivity contribution is 4.72. The first-order valence-electron chi connectivity index (χ1n) is 6.06. The largest absolute Gasteiger partial charge is 0.385 e. The summed E-state index contributed by atoms with van der Waals surface area (Å²) in [5.41, 5.74) is 0. The van der Waals surface area contributed by atoms with Crippen LogP contribution in [-0.2, 0) is 9.47 Å². The van der Waals surface area contributed by atoms with Crippen LogP contribution in [0.5, 0.6) is 0 Å². The summed E-state index contributed by atoms with van der Waals surface area (Å²) in [7, 11) is 1.75. The lowest BCUT2D eigenvalue weighted by atomic mass is 9.99. The molecule has 0 saturated carbocycles. The molecule has 0 aromatic carbocycles. The maximum Gasteiger partial charge on any atom is 0.0622 e. The van der Waals surface area contributed by atoms with Crippen molar-refractivity contribution in [2.45, 2.75) is 39.7 Å². The van der Waals surface area contributed by atoms with Gasteiger partial charge in [0.15, 0.2) is 0 Å². The Hall–Kier alpha value is -0.120. The first-order valence-corrected chi connectivity index (χ1v) is 6.06. The fourth-order valence-electron chi connectivity index (χ4n) is 1.55. The minimum atomic E-state index is 0.455. The van der Waals surface area contributed by atoms with Crippen molar-refractivity contribution in [3.63, 3.8) is 0 Å². The molecule has 0 fully saturated rings. The predicted octanol–water partition coefficient (Wildman–Crippen LogP) is 2.06. The molecule has 0 bridgehead atoms. The first kappa shape index (κ1) is 14.9. The predicted molar refractivity (Wildman–Crippen MR) is 64.2 cm³/mol. The Morgan fingerprint density at radius 2 is 1.93 bits per heavy atom. The third-order valence-electron chi connectivity index (χ3n) is 2.58. The monoisotopic (exact) mass is 217 g/mol. The van der Waals surface area contributed by atoms with Gasteiger partial charge in [0, 0.05) is 26.4 Å². The zero-order valence-corrected chi connectivity index (χ0v) is 10.7. The molecule has 1 N–H and O–H groups in total. The quantitative estimate of drug-likeness (QED) is 0.568. The van der Waals surface area contributed by atoms with Gasteiger partial charge in [-0.05, 0) is 25.3 Å². The van der Waals surface area contributed by atoms with Crippen molar-refractivity contribution in [3.8, 4) is 0 Å². The Labute approximate surface area is 94.5 Å². The summed E-state index contributed by atoms with van der Waals surface area (Å²) in [6, 6.07) is 0.455. The van der Waals surface area contributed by atoms with E-state index in [9.17, 15) is 0 Å². The van der Waals surface area contributed by atoms with E-state index in [0.29, 0.717) is 12.0 Å². The van der Waals surface area contributed by atoms with Gasteiger partial charge in [-0.15, -0.1) is 0 Å². The van der Waals surface area contributed by atoms with Gasteiger partial charge in [0.05, 0.1) is 6.61 Å². The lowest BCUT2D eigenvalue weighted by Gasteiger charge is -2.24. The van der Waals surface area contributed by atoms with Crippen LogP contribution in [0.2, 0.25) is 0 Å². The van der Waals surface area contributed by atoms with Gasteiger partial charge in [-0.25, -0.2) is 0 Å². The number of likely N-dealkylation sites (N-methyl/N-ethyl adjacent to an activating group) is 1. The van der Waals surface area contributed by atoms with E-state index in [4.69, 9.17) is 9.47 Å². The van der Waals surface area contributed by atoms with Crippen LogP contribution in [-0.4, -0.2) is 39.5 Å². The lowest BCUT2D eigenvalue weighted by molar-refractivity contribution is 0.0870. The molecule has 0 saturated heterocycles. The highest BCUT2D eigenvalue weighted by atomic mass is 16.5. The van der Waals surface area contributed by atoms with Gasteiger partial charge in [-0.2, -0.15) is 0 Å². The SMILES string of the molecule is CCCOCC(NCC)C(C)CCOC. The van der Waals surface area contributed by atoms with Crippen LogP contribution in [0.1, 0.15) is 33.6 Å². The Kier molecular flexibility index (Phi) is 10.3. The van der Waals surface area contributed by atoms with E-state index >= 15 is 0 Å². The van der Waals surface area contributed by atoms with Crippen LogP contribution in [0.3, 0.4) is 0 Å². The second-order valence-electron chi connectivity index (χ2n) is 4.00. The summed E-state index contributed by atoms with van der Waals surface area (Å²) < 4.78 is 10.7. The molecule has 0 aliphatic heterocycles. The molecule has 0 aliphatic carbocycles. The standard InChI is InChI=1S/C12H27NO2/c1-5-8-15-10-12(13-6-2)11(3)7-9-14-4/h11-13H,5-10H2,1-4H3. The summed E-state index contributed by atoms with van der Waals surface area (Å²) in [5, 5.41) is 3.47. The summed E-state index contributed by atoms with van der Waals surface area (Å²) in [4.78, 5) is 0. The summed E-state index contributed by atoms with van der Waals surface area (Å²) >= 11 is 0. The molecular weight excluding hydrogens is 190 g/mol. The molecule has 0 amide bonds. The first-order chi connectivity index (χ1) is 7.26. The molecular formula is C12H27NO2. The Bertz CT molecular complexity index is 131. The van der Waals surface area contributed by atoms with Crippen LogP contribution >= 0.6 is 0 Å². The number of methoxy groups -OCH3 is 1. The van der Waals surface area contributed by atoms with Crippen molar-refractivity contribution >= 4 is 0 Å². The van der Waals surface area contributed by atoms with Crippen LogP contribution in [0.4, 0.5) is 0 Å². The molecule has 3 heteroatoms. The molecule has 15 heavy (non-hydrogen) atoms. The van der Waals surface area contributed by atoms with Gasteiger partial charge in [-0.1, -0.05) is 20.8 Å². The molecule has 0 aromatic heterocycles. The minimum Gasteiger partial charge on any atom is -0.385 e. The van der Waals surface area contributed by atoms with Gasteiger partial charge < -0.3 is 14.8 Å². The van der Waals surface area contributed by atoms with Crippen molar-refractivity contribution in [1.82, 2.24) is 5.32 Å². The fraction of sp³-hybridized carbons (Fsp3) is 1.00. The molecule has 0 rings (SSSR count). The maximum absolute atomic E-state index is 5.60. The maximum atomic E-state index is 5.60. The summed E-state index contributed by atoms with van der Waals surface area (Å²) in [5.74, 6) is 0.599. The third kappa shape index (κ3) is 7.77. The average molecular weight is 217 g/mol. The van der Waals surface area contributed by atoms with E-state index < -0.39 is 0 Å². The molecule has 0 spiro atoms. The molecule has 0 aliphatic rings. The van der Waals surface area contributed by atoms with Crippen molar-refractivity contribution in [2.24, 2.45) is 5.92 Å². The van der Waals surface area contributed by atoms with Crippen LogP contribution < -0.4 is 5.32 Å². The van der Waals surface area contributed by atoms with Gasteiger partial charge in [0.1, 0.15) is 0 Å². The molecule has 3 nitrogen and oxygen atoms in total. The van der Waals surface area contributed by atoms with Gasteiger partial charge in [0.2, 0.25) is 0 Å². The fourth-order valence-corrected chi connectivity index (χ4v) is 1.55. The van der Waals surface area contributed by atoms with Crippen molar-refractivity contribution in [1.29, 1.82) is 0 Å². The Balaban J connectivity index is 3.77. The molecule has 0 radical (unpaired) electrons.